The van der Waals surface area contributed by atoms with Crippen molar-refractivity contribution < 1.29 is 4.74 Å². The van der Waals surface area contributed by atoms with Crippen molar-refractivity contribution in [3.05, 3.63) is 45.9 Å². The summed E-state index contributed by atoms with van der Waals surface area (Å²) in [6.45, 7) is 0.419. The van der Waals surface area contributed by atoms with Crippen molar-refractivity contribution in [2.24, 2.45) is 5.73 Å². The van der Waals surface area contributed by atoms with E-state index in [-0.39, 0.29) is 6.04 Å². The first-order valence-electron chi connectivity index (χ1n) is 4.79. The molecule has 2 aromatic heterocycles. The molecule has 0 aromatic carbocycles. The van der Waals surface area contributed by atoms with Gasteiger partial charge in [-0.25, -0.2) is 0 Å². The number of pyridine rings is 1. The lowest BCUT2D eigenvalue weighted by molar-refractivity contribution is 0.291. The third-order valence-electron chi connectivity index (χ3n) is 2.02. The molecule has 16 heavy (non-hydrogen) atoms. The van der Waals surface area contributed by atoms with Gasteiger partial charge in [0, 0.05) is 11.1 Å². The van der Waals surface area contributed by atoms with Crippen LogP contribution in [0.4, 0.5) is 0 Å². The minimum absolute atomic E-state index is 0.155. The van der Waals surface area contributed by atoms with Crippen LogP contribution in [-0.2, 0) is 0 Å². The van der Waals surface area contributed by atoms with Gasteiger partial charge in [0.05, 0.1) is 16.6 Å². The molecule has 0 spiro atoms. The molecule has 2 rings (SSSR count). The van der Waals surface area contributed by atoms with Gasteiger partial charge in [0.1, 0.15) is 12.4 Å². The zero-order chi connectivity index (χ0) is 11.4. The van der Waals surface area contributed by atoms with Crippen LogP contribution in [0.5, 0.6) is 5.75 Å². The Morgan fingerprint density at radius 1 is 1.44 bits per heavy atom. The Morgan fingerprint density at radius 2 is 2.31 bits per heavy atom. The molecule has 1 unspecified atom stereocenters. The van der Waals surface area contributed by atoms with Gasteiger partial charge in [0.2, 0.25) is 0 Å². The van der Waals surface area contributed by atoms with E-state index in [1.54, 1.807) is 12.4 Å². The Balaban J connectivity index is 1.91. The van der Waals surface area contributed by atoms with Crippen molar-refractivity contribution >= 4 is 22.9 Å². The second-order valence-electron chi connectivity index (χ2n) is 3.25. The number of hydrogen-bond acceptors (Lipinski definition) is 4. The number of nitrogens with zero attached hydrogens (tertiary/aromatic N) is 1. The molecular formula is C11H11ClN2OS. The molecule has 1 atom stereocenters. The van der Waals surface area contributed by atoms with Crippen molar-refractivity contribution in [1.29, 1.82) is 0 Å². The quantitative estimate of drug-likeness (QED) is 0.913. The highest BCUT2D eigenvalue weighted by Gasteiger charge is 2.09. The molecule has 3 nitrogen and oxygen atoms in total. The zero-order valence-corrected chi connectivity index (χ0v) is 10.0. The van der Waals surface area contributed by atoms with Crippen LogP contribution in [0.25, 0.3) is 0 Å². The van der Waals surface area contributed by atoms with Crippen molar-refractivity contribution in [2.75, 3.05) is 6.61 Å². The second kappa shape index (κ2) is 5.30. The molecule has 0 aliphatic heterocycles. The molecule has 0 saturated heterocycles. The maximum atomic E-state index is 5.96. The fraction of sp³-hybridized carbons (Fsp3) is 0.182. The molecule has 5 heteroatoms. The van der Waals surface area contributed by atoms with Gasteiger partial charge in [-0.1, -0.05) is 11.6 Å². The van der Waals surface area contributed by atoms with Crippen LogP contribution in [0.3, 0.4) is 0 Å². The number of nitrogens with two attached hydrogens (primary N) is 1. The minimum atomic E-state index is -0.155. The highest BCUT2D eigenvalue weighted by molar-refractivity contribution is 7.16. The number of aromatic nitrogens is 1. The molecule has 84 valence electrons. The van der Waals surface area contributed by atoms with Crippen molar-refractivity contribution in [3.63, 3.8) is 0 Å². The van der Waals surface area contributed by atoms with Crippen LogP contribution < -0.4 is 10.5 Å². The minimum Gasteiger partial charge on any atom is -0.490 e. The van der Waals surface area contributed by atoms with E-state index < -0.39 is 0 Å². The molecule has 2 aromatic rings. The van der Waals surface area contributed by atoms with Crippen LogP contribution in [0.1, 0.15) is 10.9 Å². The molecule has 0 amide bonds. The van der Waals surface area contributed by atoms with Gasteiger partial charge in [0.25, 0.3) is 0 Å². The average Bonchev–Trinajstić information content (AvgIpc) is 2.74. The van der Waals surface area contributed by atoms with Crippen molar-refractivity contribution in [2.45, 2.75) is 6.04 Å². The smallest absolute Gasteiger partial charge is 0.137 e. The lowest BCUT2D eigenvalue weighted by atomic mass is 10.3. The third-order valence-corrected chi connectivity index (χ3v) is 3.39. The van der Waals surface area contributed by atoms with Gasteiger partial charge >= 0.3 is 0 Å². The number of halogens is 1. The maximum Gasteiger partial charge on any atom is 0.137 e. The summed E-state index contributed by atoms with van der Waals surface area (Å²) in [5, 5.41) is 0. The molecule has 0 aliphatic rings. The molecule has 0 bridgehead atoms. The standard InChI is InChI=1S/C11H11ClN2OS/c12-11-4-3-10(16-11)9(13)7-15-8-2-1-5-14-6-8/h1-6,9H,7,13H2. The monoisotopic (exact) mass is 254 g/mol. The number of thiophene rings is 1. The Morgan fingerprint density at radius 3 is 2.94 bits per heavy atom. The topological polar surface area (TPSA) is 48.1 Å². The Bertz CT molecular complexity index is 446. The first-order chi connectivity index (χ1) is 7.75. The molecule has 0 saturated carbocycles. The van der Waals surface area contributed by atoms with E-state index >= 15 is 0 Å². The molecule has 0 radical (unpaired) electrons. The summed E-state index contributed by atoms with van der Waals surface area (Å²) in [7, 11) is 0. The zero-order valence-electron chi connectivity index (χ0n) is 8.47. The van der Waals surface area contributed by atoms with Gasteiger partial charge in [-0.2, -0.15) is 0 Å². The van der Waals surface area contributed by atoms with E-state index in [4.69, 9.17) is 22.1 Å². The maximum absolute atomic E-state index is 5.96. The first kappa shape index (κ1) is 11.4. The Kier molecular flexibility index (Phi) is 3.77. The van der Waals surface area contributed by atoms with E-state index in [9.17, 15) is 0 Å². The summed E-state index contributed by atoms with van der Waals surface area (Å²) in [6.07, 6.45) is 3.36. The SMILES string of the molecule is NC(COc1cccnc1)c1ccc(Cl)s1. The summed E-state index contributed by atoms with van der Waals surface area (Å²) in [4.78, 5) is 4.98. The molecule has 2 heterocycles. The van der Waals surface area contributed by atoms with Gasteiger partial charge < -0.3 is 10.5 Å². The largest absolute Gasteiger partial charge is 0.490 e. The normalized spacial score (nSPS) is 12.4. The van der Waals surface area contributed by atoms with Crippen molar-refractivity contribution in [3.8, 4) is 5.75 Å². The van der Waals surface area contributed by atoms with Gasteiger partial charge in [-0.3, -0.25) is 4.98 Å². The third kappa shape index (κ3) is 2.95. The summed E-state index contributed by atoms with van der Waals surface area (Å²) >= 11 is 7.31. The molecular weight excluding hydrogens is 244 g/mol. The van der Waals surface area contributed by atoms with Gasteiger partial charge in [-0.15, -0.1) is 11.3 Å². The van der Waals surface area contributed by atoms with Crippen LogP contribution in [0.15, 0.2) is 36.7 Å². The van der Waals surface area contributed by atoms with E-state index in [0.29, 0.717) is 6.61 Å². The van der Waals surface area contributed by atoms with Crippen LogP contribution in [-0.4, -0.2) is 11.6 Å². The number of hydrogen-bond donors (Lipinski definition) is 1. The summed E-state index contributed by atoms with van der Waals surface area (Å²) < 4.78 is 6.25. The van der Waals surface area contributed by atoms with Crippen LogP contribution in [0, 0.1) is 0 Å². The molecule has 2 N–H and O–H groups in total. The lowest BCUT2D eigenvalue weighted by Gasteiger charge is -2.10. The average molecular weight is 255 g/mol. The van der Waals surface area contributed by atoms with Gasteiger partial charge in [0.15, 0.2) is 0 Å². The number of rotatable bonds is 4. The van der Waals surface area contributed by atoms with Crippen LogP contribution in [0.2, 0.25) is 4.34 Å². The highest BCUT2D eigenvalue weighted by Crippen LogP contribution is 2.26. The fourth-order valence-electron chi connectivity index (χ4n) is 1.23. The highest BCUT2D eigenvalue weighted by atomic mass is 35.5. The Hall–Kier alpha value is -1.10. The van der Waals surface area contributed by atoms with E-state index in [1.807, 2.05) is 24.3 Å². The van der Waals surface area contributed by atoms with Crippen LogP contribution >= 0.6 is 22.9 Å². The lowest BCUT2D eigenvalue weighted by Crippen LogP contribution is -2.17. The second-order valence-corrected chi connectivity index (χ2v) is 4.99. The molecule has 0 aliphatic carbocycles. The Labute approximate surface area is 103 Å². The predicted octanol–water partition coefficient (Wildman–Crippen LogP) is 2.88. The summed E-state index contributed by atoms with van der Waals surface area (Å²) in [6, 6.07) is 7.28. The van der Waals surface area contributed by atoms with Crippen molar-refractivity contribution in [1.82, 2.24) is 4.98 Å². The fourth-order valence-corrected chi connectivity index (χ4v) is 2.28. The van der Waals surface area contributed by atoms with Gasteiger partial charge in [-0.05, 0) is 24.3 Å². The van der Waals surface area contributed by atoms with E-state index in [1.165, 1.54) is 11.3 Å². The predicted molar refractivity (Wildman–Crippen MR) is 66.0 cm³/mol. The van der Waals surface area contributed by atoms with E-state index in [2.05, 4.69) is 4.98 Å². The summed E-state index contributed by atoms with van der Waals surface area (Å²) in [5.74, 6) is 0.723. The first-order valence-corrected chi connectivity index (χ1v) is 5.99. The van der Waals surface area contributed by atoms with E-state index in [0.717, 1.165) is 15.0 Å². The summed E-state index contributed by atoms with van der Waals surface area (Å²) in [5.41, 5.74) is 5.96. The number of ether oxygens (including phenoxy) is 1. The molecule has 0 fully saturated rings.